The van der Waals surface area contributed by atoms with Crippen molar-refractivity contribution in [2.24, 2.45) is 0 Å². The fourth-order valence-corrected chi connectivity index (χ4v) is 3.10. The maximum absolute atomic E-state index is 9.24. The molecule has 0 saturated heterocycles. The standard InChI is InChI=1S/C19H23NO3/c1-22-18-6-4-14(10-19(18)23-2)7-8-20-11-16-5-3-15(13-21)9-17(16)12-20/h3-6,9-10,21H,7-8,11-13H2,1-2H3. The molecule has 0 spiro atoms. The second kappa shape index (κ2) is 7.02. The van der Waals surface area contributed by atoms with Crippen LogP contribution in [0.1, 0.15) is 22.3 Å². The molecule has 1 aliphatic rings. The van der Waals surface area contributed by atoms with Crippen molar-refractivity contribution in [3.63, 3.8) is 0 Å². The highest BCUT2D eigenvalue weighted by Gasteiger charge is 2.18. The van der Waals surface area contributed by atoms with Crippen LogP contribution >= 0.6 is 0 Å². The van der Waals surface area contributed by atoms with Crippen molar-refractivity contribution < 1.29 is 14.6 Å². The third kappa shape index (κ3) is 3.49. The van der Waals surface area contributed by atoms with Crippen molar-refractivity contribution in [2.45, 2.75) is 26.1 Å². The zero-order chi connectivity index (χ0) is 16.2. The highest BCUT2D eigenvalue weighted by atomic mass is 16.5. The summed E-state index contributed by atoms with van der Waals surface area (Å²) in [4.78, 5) is 2.43. The monoisotopic (exact) mass is 313 g/mol. The Balaban J connectivity index is 1.62. The van der Waals surface area contributed by atoms with Gasteiger partial charge in [0.25, 0.3) is 0 Å². The molecular weight excluding hydrogens is 290 g/mol. The summed E-state index contributed by atoms with van der Waals surface area (Å²) in [5, 5.41) is 9.24. The van der Waals surface area contributed by atoms with E-state index < -0.39 is 0 Å². The number of aliphatic hydroxyl groups excluding tert-OH is 1. The van der Waals surface area contributed by atoms with Crippen molar-refractivity contribution in [3.8, 4) is 11.5 Å². The maximum atomic E-state index is 9.24. The first-order chi connectivity index (χ1) is 11.2. The molecule has 0 radical (unpaired) electrons. The van der Waals surface area contributed by atoms with Crippen LogP contribution in [0.4, 0.5) is 0 Å². The summed E-state index contributed by atoms with van der Waals surface area (Å²) in [6.07, 6.45) is 0.973. The van der Waals surface area contributed by atoms with E-state index in [1.54, 1.807) is 14.2 Å². The minimum Gasteiger partial charge on any atom is -0.493 e. The summed E-state index contributed by atoms with van der Waals surface area (Å²) >= 11 is 0. The lowest BCUT2D eigenvalue weighted by Crippen LogP contribution is -2.19. The Morgan fingerprint density at radius 2 is 1.65 bits per heavy atom. The fraction of sp³-hybridized carbons (Fsp3) is 0.368. The third-order valence-electron chi connectivity index (χ3n) is 4.41. The minimum atomic E-state index is 0.110. The Hall–Kier alpha value is -2.04. The van der Waals surface area contributed by atoms with Crippen molar-refractivity contribution in [1.29, 1.82) is 0 Å². The quantitative estimate of drug-likeness (QED) is 0.890. The summed E-state index contributed by atoms with van der Waals surface area (Å²) in [5.41, 5.74) is 4.94. The molecule has 0 aliphatic carbocycles. The van der Waals surface area contributed by atoms with Gasteiger partial charge in [0.05, 0.1) is 20.8 Å². The number of fused-ring (bicyclic) bond motifs is 1. The van der Waals surface area contributed by atoms with Gasteiger partial charge in [0.1, 0.15) is 0 Å². The van der Waals surface area contributed by atoms with Gasteiger partial charge in [-0.2, -0.15) is 0 Å². The maximum Gasteiger partial charge on any atom is 0.160 e. The van der Waals surface area contributed by atoms with E-state index in [1.807, 2.05) is 18.2 Å². The summed E-state index contributed by atoms with van der Waals surface area (Å²) in [6, 6.07) is 12.4. The molecule has 0 amide bonds. The number of nitrogens with zero attached hydrogens (tertiary/aromatic N) is 1. The molecule has 23 heavy (non-hydrogen) atoms. The fourth-order valence-electron chi connectivity index (χ4n) is 3.10. The Morgan fingerprint density at radius 3 is 2.39 bits per heavy atom. The summed E-state index contributed by atoms with van der Waals surface area (Å²) in [7, 11) is 3.32. The van der Waals surface area contributed by atoms with Crippen LogP contribution in [0.25, 0.3) is 0 Å². The van der Waals surface area contributed by atoms with E-state index in [1.165, 1.54) is 16.7 Å². The Bertz CT molecular complexity index is 684. The van der Waals surface area contributed by atoms with Crippen LogP contribution in [0.3, 0.4) is 0 Å². The molecule has 3 rings (SSSR count). The zero-order valence-electron chi connectivity index (χ0n) is 13.7. The van der Waals surface area contributed by atoms with E-state index in [9.17, 15) is 5.11 Å². The normalized spacial score (nSPS) is 13.9. The number of hydrogen-bond acceptors (Lipinski definition) is 4. The molecule has 0 saturated carbocycles. The highest BCUT2D eigenvalue weighted by Crippen LogP contribution is 2.28. The van der Waals surface area contributed by atoms with Crippen LogP contribution in [0.15, 0.2) is 36.4 Å². The van der Waals surface area contributed by atoms with Crippen molar-refractivity contribution >= 4 is 0 Å². The lowest BCUT2D eigenvalue weighted by atomic mass is 10.1. The topological polar surface area (TPSA) is 41.9 Å². The third-order valence-corrected chi connectivity index (χ3v) is 4.41. The van der Waals surface area contributed by atoms with Gasteiger partial charge in [0, 0.05) is 19.6 Å². The first-order valence-corrected chi connectivity index (χ1v) is 7.88. The predicted octanol–water partition coefficient (Wildman–Crippen LogP) is 2.75. The van der Waals surface area contributed by atoms with Gasteiger partial charge in [-0.25, -0.2) is 0 Å². The van der Waals surface area contributed by atoms with E-state index in [4.69, 9.17) is 9.47 Å². The molecule has 0 bridgehead atoms. The van der Waals surface area contributed by atoms with Gasteiger partial charge in [-0.05, 0) is 40.8 Å². The van der Waals surface area contributed by atoms with Crippen LogP contribution in [0.2, 0.25) is 0 Å². The Morgan fingerprint density at radius 1 is 0.913 bits per heavy atom. The summed E-state index contributed by atoms with van der Waals surface area (Å²) in [6.45, 7) is 3.04. The van der Waals surface area contributed by atoms with Crippen LogP contribution in [-0.2, 0) is 26.1 Å². The van der Waals surface area contributed by atoms with E-state index in [2.05, 4.69) is 23.1 Å². The SMILES string of the molecule is COc1ccc(CCN2Cc3ccc(CO)cc3C2)cc1OC. The average Bonchev–Trinajstić information content (AvgIpc) is 3.01. The Labute approximate surface area is 137 Å². The van der Waals surface area contributed by atoms with E-state index >= 15 is 0 Å². The summed E-state index contributed by atoms with van der Waals surface area (Å²) in [5.74, 6) is 1.55. The van der Waals surface area contributed by atoms with E-state index in [0.717, 1.165) is 43.1 Å². The molecule has 4 nitrogen and oxygen atoms in total. The van der Waals surface area contributed by atoms with Crippen LogP contribution < -0.4 is 9.47 Å². The first kappa shape index (κ1) is 15.8. The van der Waals surface area contributed by atoms with Gasteiger partial charge < -0.3 is 14.6 Å². The van der Waals surface area contributed by atoms with Gasteiger partial charge in [0.2, 0.25) is 0 Å². The minimum absolute atomic E-state index is 0.110. The largest absolute Gasteiger partial charge is 0.493 e. The molecule has 1 heterocycles. The van der Waals surface area contributed by atoms with Crippen molar-refractivity contribution in [1.82, 2.24) is 4.90 Å². The average molecular weight is 313 g/mol. The zero-order valence-corrected chi connectivity index (χ0v) is 13.7. The van der Waals surface area contributed by atoms with Gasteiger partial charge in [-0.1, -0.05) is 24.3 Å². The molecule has 2 aromatic rings. The number of ether oxygens (including phenoxy) is 2. The molecule has 122 valence electrons. The molecule has 0 fully saturated rings. The first-order valence-electron chi connectivity index (χ1n) is 7.88. The number of methoxy groups -OCH3 is 2. The number of hydrogen-bond donors (Lipinski definition) is 1. The van der Waals surface area contributed by atoms with Gasteiger partial charge in [-0.3, -0.25) is 4.90 Å². The van der Waals surface area contributed by atoms with Gasteiger partial charge in [0.15, 0.2) is 11.5 Å². The second-order valence-corrected chi connectivity index (χ2v) is 5.91. The lowest BCUT2D eigenvalue weighted by Gasteiger charge is -2.15. The van der Waals surface area contributed by atoms with E-state index in [0.29, 0.717) is 0 Å². The van der Waals surface area contributed by atoms with Crippen molar-refractivity contribution in [2.75, 3.05) is 20.8 Å². The number of aliphatic hydroxyl groups is 1. The highest BCUT2D eigenvalue weighted by molar-refractivity contribution is 5.43. The molecular formula is C19H23NO3. The van der Waals surface area contributed by atoms with E-state index in [-0.39, 0.29) is 6.61 Å². The van der Waals surface area contributed by atoms with Crippen molar-refractivity contribution in [3.05, 3.63) is 58.7 Å². The molecule has 1 aliphatic heterocycles. The number of benzene rings is 2. The van der Waals surface area contributed by atoms with Crippen LogP contribution in [-0.4, -0.2) is 30.8 Å². The summed E-state index contributed by atoms with van der Waals surface area (Å²) < 4.78 is 10.6. The molecule has 2 aromatic carbocycles. The lowest BCUT2D eigenvalue weighted by molar-refractivity contribution is 0.281. The van der Waals surface area contributed by atoms with Crippen LogP contribution in [0.5, 0.6) is 11.5 Å². The van der Waals surface area contributed by atoms with Gasteiger partial charge >= 0.3 is 0 Å². The molecule has 0 aromatic heterocycles. The Kier molecular flexibility index (Phi) is 4.84. The molecule has 1 N–H and O–H groups in total. The second-order valence-electron chi connectivity index (χ2n) is 5.91. The van der Waals surface area contributed by atoms with Crippen LogP contribution in [0, 0.1) is 0 Å². The molecule has 0 atom stereocenters. The van der Waals surface area contributed by atoms with Gasteiger partial charge in [-0.15, -0.1) is 0 Å². The molecule has 4 heteroatoms. The smallest absolute Gasteiger partial charge is 0.160 e. The molecule has 0 unspecified atom stereocenters. The predicted molar refractivity (Wildman–Crippen MR) is 89.7 cm³/mol. The number of rotatable bonds is 6.